The molecule has 59 heavy (non-hydrogen) atoms. The van der Waals surface area contributed by atoms with Crippen LogP contribution in [0.4, 0.5) is 17.1 Å². The second kappa shape index (κ2) is 13.7. The Labute approximate surface area is 358 Å². The van der Waals surface area contributed by atoms with Gasteiger partial charge in [-0.2, -0.15) is 0 Å². The maximum absolute atomic E-state index is 10.1. The number of anilines is 3. The summed E-state index contributed by atoms with van der Waals surface area (Å²) in [5.74, 6) is 0. The maximum atomic E-state index is 10.1. The maximum Gasteiger partial charge on any atom is 0.0714 e. The van der Waals surface area contributed by atoms with Crippen molar-refractivity contribution in [1.29, 1.82) is 0 Å². The molecule has 2 aliphatic rings. The molecule has 0 fully saturated rings. The molecule has 1 nitrogen and oxygen atoms in total. The van der Waals surface area contributed by atoms with Gasteiger partial charge in [-0.05, 0) is 103 Å². The first kappa shape index (κ1) is 27.4. The van der Waals surface area contributed by atoms with Crippen molar-refractivity contribution in [3.8, 4) is 44.5 Å². The fraction of sp³-hybridized carbons (Fsp3) is 0.0690. The van der Waals surface area contributed by atoms with Gasteiger partial charge in [0.2, 0.25) is 0 Å². The molecule has 0 N–H and O–H groups in total. The largest absolute Gasteiger partial charge is 0.310 e. The molecule has 0 radical (unpaired) electrons. The zero-order valence-corrected chi connectivity index (χ0v) is 32.7. The van der Waals surface area contributed by atoms with Crippen molar-refractivity contribution >= 4 is 17.1 Å². The van der Waals surface area contributed by atoms with E-state index in [9.17, 15) is 8.22 Å². The third kappa shape index (κ3) is 5.31. The Hall–Kier alpha value is -7.22. The van der Waals surface area contributed by atoms with Gasteiger partial charge in [-0.3, -0.25) is 0 Å². The molecule has 0 atom stereocenters. The normalized spacial score (nSPS) is 15.8. The molecule has 0 saturated heterocycles. The minimum Gasteiger partial charge on any atom is -0.310 e. The molecule has 1 heteroatoms. The summed E-state index contributed by atoms with van der Waals surface area (Å²) in [5, 5.41) is 0. The Morgan fingerprint density at radius 3 is 1.63 bits per heavy atom. The number of fused-ring (bicyclic) bond motifs is 6. The highest BCUT2D eigenvalue weighted by Gasteiger charge is 2.46. The van der Waals surface area contributed by atoms with Crippen molar-refractivity contribution in [2.75, 3.05) is 4.90 Å². The minimum absolute atomic E-state index is 0.00317. The van der Waals surface area contributed by atoms with E-state index in [0.29, 0.717) is 16.8 Å². The van der Waals surface area contributed by atoms with Gasteiger partial charge in [-0.15, -0.1) is 0 Å². The van der Waals surface area contributed by atoms with Gasteiger partial charge >= 0.3 is 0 Å². The van der Waals surface area contributed by atoms with Crippen LogP contribution in [0.2, 0.25) is 0 Å². The highest BCUT2D eigenvalue weighted by molar-refractivity contribution is 5.93. The van der Waals surface area contributed by atoms with E-state index >= 15 is 0 Å². The van der Waals surface area contributed by atoms with Crippen molar-refractivity contribution in [3.05, 3.63) is 258 Å². The molecule has 9 aromatic rings. The molecule has 0 bridgehead atoms. The number of benzene rings is 9. The predicted molar refractivity (Wildman–Crippen MR) is 247 cm³/mol. The van der Waals surface area contributed by atoms with E-state index in [2.05, 4.69) is 62.4 Å². The van der Waals surface area contributed by atoms with Crippen molar-refractivity contribution in [2.45, 2.75) is 24.7 Å². The summed E-state index contributed by atoms with van der Waals surface area (Å²) >= 11 is 0. The van der Waals surface area contributed by atoms with E-state index in [4.69, 9.17) is 2.74 Å². The topological polar surface area (TPSA) is 3.24 Å². The standard InChI is InChI=1S/C58H43N/c1-57(2)52-30-15-12-27-49(52)51-29-18-28-47(56(51)57)41-33-35-44(36-34-41)59(55-32-17-14-25-46(55)40-19-6-3-7-20-40)45-37-38-50-48-26-13-16-31-53(48)58(54(50)39-45,42-21-8-4-9-22-42)43-23-10-5-11-24-43/h3-39H,1-2H3/i14D,17D,25D,32D,33D,34D,35D,36D. The van der Waals surface area contributed by atoms with E-state index in [0.717, 1.165) is 55.6 Å². The Morgan fingerprint density at radius 1 is 0.390 bits per heavy atom. The average Bonchev–Trinajstić information content (AvgIpc) is 3.79. The first-order valence-electron chi connectivity index (χ1n) is 24.0. The number of hydrogen-bond donors (Lipinski definition) is 0. The van der Waals surface area contributed by atoms with Crippen molar-refractivity contribution in [2.24, 2.45) is 0 Å². The Balaban J connectivity index is 1.25. The van der Waals surface area contributed by atoms with Crippen molar-refractivity contribution in [1.82, 2.24) is 0 Å². The summed E-state index contributed by atoms with van der Waals surface area (Å²) < 4.78 is 77.1. The van der Waals surface area contributed by atoms with Gasteiger partial charge in [0.25, 0.3) is 0 Å². The third-order valence-corrected chi connectivity index (χ3v) is 12.3. The summed E-state index contributed by atoms with van der Waals surface area (Å²) in [4.78, 5) is 1.55. The van der Waals surface area contributed by atoms with Crippen LogP contribution in [0.15, 0.2) is 224 Å². The lowest BCUT2D eigenvalue weighted by molar-refractivity contribution is 0.662. The molecule has 0 aromatic heterocycles. The Kier molecular flexibility index (Phi) is 6.38. The molecule has 280 valence electrons. The molecule has 0 unspecified atom stereocenters. The summed E-state index contributed by atoms with van der Waals surface area (Å²) in [6.07, 6.45) is 0. The van der Waals surface area contributed by atoms with Gasteiger partial charge in [0.15, 0.2) is 0 Å². The highest BCUT2D eigenvalue weighted by Crippen LogP contribution is 2.58. The minimum atomic E-state index is -0.856. The predicted octanol–water partition coefficient (Wildman–Crippen LogP) is 15.2. The Morgan fingerprint density at radius 2 is 0.932 bits per heavy atom. The molecule has 2 aliphatic carbocycles. The zero-order valence-electron chi connectivity index (χ0n) is 40.7. The second-order valence-electron chi connectivity index (χ2n) is 15.8. The Bertz CT molecular complexity index is 3410. The quantitative estimate of drug-likeness (QED) is 0.156. The fourth-order valence-electron chi connectivity index (χ4n) is 9.84. The molecule has 11 rings (SSSR count). The van der Waals surface area contributed by atoms with Crippen LogP contribution in [0.5, 0.6) is 0 Å². The van der Waals surface area contributed by atoms with Gasteiger partial charge in [0, 0.05) is 22.4 Å². The highest BCUT2D eigenvalue weighted by atomic mass is 15.1. The number of nitrogens with zero attached hydrogens (tertiary/aromatic N) is 1. The lowest BCUT2D eigenvalue weighted by Gasteiger charge is -2.35. The van der Waals surface area contributed by atoms with Crippen LogP contribution in [0.3, 0.4) is 0 Å². The van der Waals surface area contributed by atoms with Gasteiger partial charge in [0.05, 0.1) is 22.1 Å². The lowest BCUT2D eigenvalue weighted by Crippen LogP contribution is -2.28. The van der Waals surface area contributed by atoms with Crippen LogP contribution in [-0.2, 0) is 10.8 Å². The van der Waals surface area contributed by atoms with Crippen LogP contribution in [-0.4, -0.2) is 0 Å². The molecule has 0 heterocycles. The summed E-state index contributed by atoms with van der Waals surface area (Å²) in [6, 6.07) is 54.9. The molecule has 0 amide bonds. The van der Waals surface area contributed by atoms with E-state index in [-0.39, 0.29) is 58.8 Å². The van der Waals surface area contributed by atoms with Gasteiger partial charge in [-0.25, -0.2) is 0 Å². The zero-order chi connectivity index (χ0) is 46.5. The molecular weight excluding hydrogens is 711 g/mol. The second-order valence-corrected chi connectivity index (χ2v) is 15.8. The first-order valence-corrected chi connectivity index (χ1v) is 20.0. The van der Waals surface area contributed by atoms with E-state index < -0.39 is 22.9 Å². The van der Waals surface area contributed by atoms with E-state index in [1.54, 1.807) is 29.2 Å². The first-order chi connectivity index (χ1) is 32.4. The smallest absolute Gasteiger partial charge is 0.0714 e. The van der Waals surface area contributed by atoms with Gasteiger partial charge in [-0.1, -0.05) is 208 Å². The SMILES string of the molecule is [2H]c1c([2H])c([2H])c(N(c2ccc3c(c2)C(c2ccccc2)(c2ccccc2)c2ccccc2-3)c2c([2H])c([2H])c(-c3cccc4c3C(C)(C)c3ccccc3-4)c([2H])c2[2H])c(-c2ccccc2)c1[2H]. The number of para-hydroxylation sites is 1. The number of hydrogen-bond acceptors (Lipinski definition) is 1. The molecule has 9 aromatic carbocycles. The van der Waals surface area contributed by atoms with Crippen LogP contribution in [0.25, 0.3) is 44.5 Å². The summed E-state index contributed by atoms with van der Waals surface area (Å²) in [7, 11) is 0. The molecular formula is C58H43N. The van der Waals surface area contributed by atoms with Crippen LogP contribution >= 0.6 is 0 Å². The van der Waals surface area contributed by atoms with Gasteiger partial charge in [0.1, 0.15) is 0 Å². The summed E-state index contributed by atoms with van der Waals surface area (Å²) in [6.45, 7) is 4.25. The molecule has 0 aliphatic heterocycles. The molecule has 0 saturated carbocycles. The lowest BCUT2D eigenvalue weighted by atomic mass is 9.67. The van der Waals surface area contributed by atoms with Gasteiger partial charge < -0.3 is 4.90 Å². The van der Waals surface area contributed by atoms with Crippen LogP contribution < -0.4 is 4.90 Å². The van der Waals surface area contributed by atoms with Crippen molar-refractivity contribution < 1.29 is 11.0 Å². The van der Waals surface area contributed by atoms with E-state index in [1.165, 1.54) is 0 Å². The number of rotatable bonds is 7. The summed E-state index contributed by atoms with van der Waals surface area (Å²) in [5.41, 5.74) is 10.4. The third-order valence-electron chi connectivity index (χ3n) is 12.3. The monoisotopic (exact) mass is 761 g/mol. The fourth-order valence-corrected chi connectivity index (χ4v) is 9.84. The van der Waals surface area contributed by atoms with E-state index in [1.807, 2.05) is 103 Å². The average molecular weight is 762 g/mol. The van der Waals surface area contributed by atoms with Crippen molar-refractivity contribution in [3.63, 3.8) is 0 Å². The molecule has 0 spiro atoms. The van der Waals surface area contributed by atoms with Crippen LogP contribution in [0.1, 0.15) is 58.2 Å². The van der Waals surface area contributed by atoms with Crippen LogP contribution in [0, 0.1) is 0 Å².